The molecule has 2 aromatic carbocycles. The summed E-state index contributed by atoms with van der Waals surface area (Å²) in [5.41, 5.74) is -0.554. The third-order valence-corrected chi connectivity index (χ3v) is 5.55. The second-order valence-electron chi connectivity index (χ2n) is 7.42. The van der Waals surface area contributed by atoms with Gasteiger partial charge in [-0.1, -0.05) is 66.7 Å². The molecule has 0 aliphatic carbocycles. The van der Waals surface area contributed by atoms with E-state index in [1.54, 1.807) is 35.4 Å². The van der Waals surface area contributed by atoms with Gasteiger partial charge in [-0.25, -0.2) is 4.98 Å². The van der Waals surface area contributed by atoms with Crippen LogP contribution in [0.2, 0.25) is 0 Å². The molecule has 148 valence electrons. The summed E-state index contributed by atoms with van der Waals surface area (Å²) in [7, 11) is 0. The van der Waals surface area contributed by atoms with Gasteiger partial charge in [0.25, 0.3) is 5.91 Å². The largest absolute Gasteiger partial charge is 0.372 e. The van der Waals surface area contributed by atoms with Crippen LogP contribution in [0, 0.1) is 0 Å². The number of carbonyl (C=O) groups is 1. The maximum Gasteiger partial charge on any atom is 0.264 e. The Balaban J connectivity index is 1.63. The van der Waals surface area contributed by atoms with Crippen LogP contribution in [0.5, 0.6) is 0 Å². The van der Waals surface area contributed by atoms with Crippen molar-refractivity contribution in [1.82, 2.24) is 9.88 Å². The summed E-state index contributed by atoms with van der Waals surface area (Å²) in [4.78, 5) is 22.1. The van der Waals surface area contributed by atoms with Crippen LogP contribution in [0.4, 0.5) is 5.82 Å². The number of piperazine rings is 1. The van der Waals surface area contributed by atoms with Crippen LogP contribution in [0.15, 0.2) is 85.1 Å². The van der Waals surface area contributed by atoms with Crippen LogP contribution in [-0.2, 0) is 10.4 Å². The Bertz CT molecular complexity index is 908. The zero-order chi connectivity index (χ0) is 20.3. The molecule has 5 heteroatoms. The molecule has 0 radical (unpaired) electrons. The summed E-state index contributed by atoms with van der Waals surface area (Å²) in [6, 6.07) is 24.3. The number of aliphatic hydroxyl groups is 1. The number of aromatic nitrogens is 1. The van der Waals surface area contributed by atoms with E-state index >= 15 is 0 Å². The zero-order valence-corrected chi connectivity index (χ0v) is 16.5. The van der Waals surface area contributed by atoms with E-state index < -0.39 is 5.60 Å². The Morgan fingerprint density at radius 2 is 1.52 bits per heavy atom. The molecule has 3 aromatic rings. The second-order valence-corrected chi connectivity index (χ2v) is 7.42. The SMILES string of the molecule is CC1CN(C(=O)C(O)(c2ccccc2)c2ccccc2)CCN1c1ccccn1. The van der Waals surface area contributed by atoms with Crippen molar-refractivity contribution < 1.29 is 9.90 Å². The molecule has 1 unspecified atom stereocenters. The molecule has 1 amide bonds. The van der Waals surface area contributed by atoms with Gasteiger partial charge in [-0.15, -0.1) is 0 Å². The summed E-state index contributed by atoms with van der Waals surface area (Å²) in [6.07, 6.45) is 1.78. The van der Waals surface area contributed by atoms with Gasteiger partial charge in [0, 0.05) is 31.9 Å². The average molecular weight is 387 g/mol. The molecule has 1 fully saturated rings. The van der Waals surface area contributed by atoms with Gasteiger partial charge in [-0.05, 0) is 30.2 Å². The fourth-order valence-corrected chi connectivity index (χ4v) is 4.01. The van der Waals surface area contributed by atoms with E-state index in [9.17, 15) is 9.90 Å². The van der Waals surface area contributed by atoms with Gasteiger partial charge in [-0.2, -0.15) is 0 Å². The number of anilines is 1. The van der Waals surface area contributed by atoms with Gasteiger partial charge in [0.1, 0.15) is 5.82 Å². The van der Waals surface area contributed by atoms with Crippen LogP contribution >= 0.6 is 0 Å². The zero-order valence-electron chi connectivity index (χ0n) is 16.5. The Labute approximate surface area is 171 Å². The molecule has 1 N–H and O–H groups in total. The molecule has 1 atom stereocenters. The minimum atomic E-state index is -1.71. The monoisotopic (exact) mass is 387 g/mol. The average Bonchev–Trinajstić information content (AvgIpc) is 2.79. The lowest BCUT2D eigenvalue weighted by Crippen LogP contribution is -2.58. The molecule has 0 bridgehead atoms. The predicted octanol–water partition coefficient (Wildman–Crippen LogP) is 3.05. The first-order valence-corrected chi connectivity index (χ1v) is 9.91. The first kappa shape index (κ1) is 19.2. The molecule has 1 aliphatic heterocycles. The lowest BCUT2D eigenvalue weighted by atomic mass is 9.84. The van der Waals surface area contributed by atoms with Crippen molar-refractivity contribution in [2.24, 2.45) is 0 Å². The number of carbonyl (C=O) groups excluding carboxylic acids is 1. The van der Waals surface area contributed by atoms with E-state index in [1.807, 2.05) is 54.6 Å². The van der Waals surface area contributed by atoms with Crippen molar-refractivity contribution in [3.05, 3.63) is 96.2 Å². The predicted molar refractivity (Wildman–Crippen MR) is 114 cm³/mol. The number of benzene rings is 2. The lowest BCUT2D eigenvalue weighted by Gasteiger charge is -2.43. The molecule has 5 nitrogen and oxygen atoms in total. The summed E-state index contributed by atoms with van der Waals surface area (Å²) in [5.74, 6) is 0.621. The molecule has 4 rings (SSSR count). The summed E-state index contributed by atoms with van der Waals surface area (Å²) in [5, 5.41) is 11.7. The summed E-state index contributed by atoms with van der Waals surface area (Å²) >= 11 is 0. The third kappa shape index (κ3) is 3.61. The van der Waals surface area contributed by atoms with Crippen molar-refractivity contribution in [2.75, 3.05) is 24.5 Å². The fourth-order valence-electron chi connectivity index (χ4n) is 4.01. The second kappa shape index (κ2) is 8.05. The van der Waals surface area contributed by atoms with Crippen LogP contribution in [-0.4, -0.2) is 46.6 Å². The van der Waals surface area contributed by atoms with E-state index in [1.165, 1.54) is 0 Å². The quantitative estimate of drug-likeness (QED) is 0.748. The van der Waals surface area contributed by atoms with E-state index in [-0.39, 0.29) is 11.9 Å². The molecular weight excluding hydrogens is 362 g/mol. The minimum Gasteiger partial charge on any atom is -0.372 e. The Morgan fingerprint density at radius 1 is 0.931 bits per heavy atom. The maximum absolute atomic E-state index is 13.7. The normalized spacial score (nSPS) is 17.2. The van der Waals surface area contributed by atoms with Gasteiger partial charge >= 0.3 is 0 Å². The van der Waals surface area contributed by atoms with E-state index in [0.717, 1.165) is 5.82 Å². The first-order chi connectivity index (χ1) is 14.1. The van der Waals surface area contributed by atoms with E-state index in [4.69, 9.17) is 0 Å². The van der Waals surface area contributed by atoms with E-state index in [2.05, 4.69) is 16.8 Å². The smallest absolute Gasteiger partial charge is 0.264 e. The van der Waals surface area contributed by atoms with Gasteiger partial charge in [-0.3, -0.25) is 4.79 Å². The summed E-state index contributed by atoms with van der Waals surface area (Å²) in [6.45, 7) is 3.81. The van der Waals surface area contributed by atoms with Crippen molar-refractivity contribution in [3.8, 4) is 0 Å². The Kier molecular flexibility index (Phi) is 5.32. The molecular formula is C24H25N3O2. The van der Waals surface area contributed by atoms with Crippen LogP contribution < -0.4 is 4.90 Å². The molecule has 1 aliphatic rings. The minimum absolute atomic E-state index is 0.0957. The highest BCUT2D eigenvalue weighted by atomic mass is 16.3. The number of hydrogen-bond donors (Lipinski definition) is 1. The number of nitrogens with zero attached hydrogens (tertiary/aromatic N) is 3. The van der Waals surface area contributed by atoms with Gasteiger partial charge < -0.3 is 14.9 Å². The topological polar surface area (TPSA) is 56.7 Å². The van der Waals surface area contributed by atoms with Crippen molar-refractivity contribution >= 4 is 11.7 Å². The van der Waals surface area contributed by atoms with Crippen LogP contribution in [0.1, 0.15) is 18.1 Å². The van der Waals surface area contributed by atoms with Crippen molar-refractivity contribution in [2.45, 2.75) is 18.6 Å². The number of hydrogen-bond acceptors (Lipinski definition) is 4. The molecule has 0 spiro atoms. The number of rotatable bonds is 4. The van der Waals surface area contributed by atoms with Gasteiger partial charge in [0.15, 0.2) is 5.60 Å². The lowest BCUT2D eigenvalue weighted by molar-refractivity contribution is -0.149. The highest BCUT2D eigenvalue weighted by Gasteiger charge is 2.44. The maximum atomic E-state index is 13.7. The molecule has 1 saturated heterocycles. The number of pyridine rings is 1. The highest BCUT2D eigenvalue weighted by Crippen LogP contribution is 2.32. The fraction of sp³-hybridized carbons (Fsp3) is 0.250. The van der Waals surface area contributed by atoms with Gasteiger partial charge in [0.05, 0.1) is 0 Å². The van der Waals surface area contributed by atoms with Gasteiger partial charge in [0.2, 0.25) is 0 Å². The standard InChI is InChI=1S/C24H25N3O2/c1-19-18-26(16-17-27(19)22-14-8-9-15-25-22)23(28)24(29,20-10-4-2-5-11-20)21-12-6-3-7-13-21/h2-15,19,29H,16-18H2,1H3. The summed E-state index contributed by atoms with van der Waals surface area (Å²) < 4.78 is 0. The molecule has 2 heterocycles. The third-order valence-electron chi connectivity index (χ3n) is 5.55. The first-order valence-electron chi connectivity index (χ1n) is 9.91. The molecule has 0 saturated carbocycles. The van der Waals surface area contributed by atoms with Crippen LogP contribution in [0.25, 0.3) is 0 Å². The molecule has 29 heavy (non-hydrogen) atoms. The Morgan fingerprint density at radius 3 is 2.03 bits per heavy atom. The number of amides is 1. The Hall–Kier alpha value is -3.18. The van der Waals surface area contributed by atoms with E-state index in [0.29, 0.717) is 30.8 Å². The molecule has 1 aromatic heterocycles. The van der Waals surface area contributed by atoms with Crippen molar-refractivity contribution in [1.29, 1.82) is 0 Å². The highest BCUT2D eigenvalue weighted by molar-refractivity contribution is 5.90. The van der Waals surface area contributed by atoms with Crippen molar-refractivity contribution in [3.63, 3.8) is 0 Å². The van der Waals surface area contributed by atoms with Crippen LogP contribution in [0.3, 0.4) is 0 Å².